The number of carbonyl (C=O) groups is 4. The third-order valence-corrected chi connectivity index (χ3v) is 5.97. The summed E-state index contributed by atoms with van der Waals surface area (Å²) in [4.78, 5) is 49.3. The van der Waals surface area contributed by atoms with E-state index in [1.807, 2.05) is 0 Å². The molecule has 1 unspecified atom stereocenters. The predicted molar refractivity (Wildman–Crippen MR) is 134 cm³/mol. The van der Waals surface area contributed by atoms with Crippen LogP contribution in [0.1, 0.15) is 55.4 Å². The number of carboxylic acids is 1. The van der Waals surface area contributed by atoms with Crippen LogP contribution in [-0.4, -0.2) is 41.5 Å². The first kappa shape index (κ1) is 28.6. The van der Waals surface area contributed by atoms with Crippen LogP contribution in [0.3, 0.4) is 0 Å². The van der Waals surface area contributed by atoms with Gasteiger partial charge in [-0.3, -0.25) is 19.2 Å². The smallest absolute Gasteiger partial charge is 0.481 e. The van der Waals surface area contributed by atoms with Gasteiger partial charge in [0.15, 0.2) is 11.6 Å². The molecule has 7 nitrogen and oxygen atoms in total. The number of halogens is 4. The summed E-state index contributed by atoms with van der Waals surface area (Å²) in [5.41, 5.74) is 1.13. The number of amides is 1. The molecule has 0 aliphatic heterocycles. The zero-order valence-corrected chi connectivity index (χ0v) is 21.2. The van der Waals surface area contributed by atoms with E-state index in [4.69, 9.17) is 5.11 Å². The summed E-state index contributed by atoms with van der Waals surface area (Å²) < 4.78 is 41.9. The molecule has 11 heteroatoms. The molecule has 0 bridgehead atoms. The number of benzene rings is 3. The zero-order chi connectivity index (χ0) is 27.9. The van der Waals surface area contributed by atoms with Crippen molar-refractivity contribution in [1.82, 2.24) is 5.32 Å². The molecule has 0 aliphatic rings. The van der Waals surface area contributed by atoms with Gasteiger partial charge in [0.2, 0.25) is 0 Å². The topological polar surface area (TPSA) is 110 Å². The van der Waals surface area contributed by atoms with Crippen LogP contribution in [0.5, 0.6) is 5.75 Å². The van der Waals surface area contributed by atoms with Crippen LogP contribution in [-0.2, 0) is 4.79 Å². The molecule has 3 rings (SSSR count). The summed E-state index contributed by atoms with van der Waals surface area (Å²) in [6.07, 6.45) is -5.38. The lowest BCUT2D eigenvalue weighted by molar-refractivity contribution is -0.274. The highest BCUT2D eigenvalue weighted by Gasteiger charge is 2.31. The molecule has 3 aromatic carbocycles. The molecule has 3 aromatic rings. The normalized spacial score (nSPS) is 11.9. The van der Waals surface area contributed by atoms with Gasteiger partial charge in [-0.1, -0.05) is 40.2 Å². The second-order valence-electron chi connectivity index (χ2n) is 8.14. The highest BCUT2D eigenvalue weighted by molar-refractivity contribution is 9.10. The molecule has 0 aliphatic carbocycles. The molecule has 0 fully saturated rings. The SMILES string of the molecule is O=C(O)CCNC(=O)c1ccc(C(CC(=O)c2ccc(OC(F)(F)F)cc2)C(=O)c2ccc(Br)cc2)cc1. The average molecular weight is 592 g/mol. The molecule has 0 saturated carbocycles. The molecule has 1 amide bonds. The lowest BCUT2D eigenvalue weighted by Crippen LogP contribution is -2.26. The summed E-state index contributed by atoms with van der Waals surface area (Å²) in [5.74, 6) is -3.81. The summed E-state index contributed by atoms with van der Waals surface area (Å²) in [6.45, 7) is -0.0537. The van der Waals surface area contributed by atoms with Crippen molar-refractivity contribution in [3.05, 3.63) is 99.5 Å². The van der Waals surface area contributed by atoms with Crippen LogP contribution in [0.2, 0.25) is 0 Å². The largest absolute Gasteiger partial charge is 0.573 e. The van der Waals surface area contributed by atoms with Crippen LogP contribution in [0.4, 0.5) is 13.2 Å². The van der Waals surface area contributed by atoms with Crippen molar-refractivity contribution in [3.8, 4) is 5.75 Å². The Hall–Kier alpha value is -3.99. The number of hydrogen-bond donors (Lipinski definition) is 2. The van der Waals surface area contributed by atoms with Crippen LogP contribution in [0.25, 0.3) is 0 Å². The quantitative estimate of drug-likeness (QED) is 0.273. The number of carboxylic acid groups (broad SMARTS) is 1. The first-order valence-corrected chi connectivity index (χ1v) is 12.0. The van der Waals surface area contributed by atoms with Gasteiger partial charge < -0.3 is 15.2 Å². The Morgan fingerprint density at radius 2 is 1.39 bits per heavy atom. The second kappa shape index (κ2) is 12.5. The van der Waals surface area contributed by atoms with Crippen molar-refractivity contribution >= 4 is 39.4 Å². The van der Waals surface area contributed by atoms with E-state index in [9.17, 15) is 32.3 Å². The van der Waals surface area contributed by atoms with E-state index in [-0.39, 0.29) is 36.3 Å². The van der Waals surface area contributed by atoms with Gasteiger partial charge in [-0.15, -0.1) is 13.2 Å². The molecule has 198 valence electrons. The summed E-state index contributed by atoms with van der Waals surface area (Å²) in [7, 11) is 0. The first-order valence-electron chi connectivity index (χ1n) is 11.2. The van der Waals surface area contributed by atoms with Crippen molar-refractivity contribution in [2.24, 2.45) is 0 Å². The average Bonchev–Trinajstić information content (AvgIpc) is 2.86. The third kappa shape index (κ3) is 8.27. The monoisotopic (exact) mass is 591 g/mol. The van der Waals surface area contributed by atoms with Crippen molar-refractivity contribution in [3.63, 3.8) is 0 Å². The van der Waals surface area contributed by atoms with Crippen LogP contribution < -0.4 is 10.1 Å². The molecule has 2 N–H and O–H groups in total. The minimum atomic E-state index is -4.87. The van der Waals surface area contributed by atoms with Crippen LogP contribution in [0.15, 0.2) is 77.3 Å². The fourth-order valence-electron chi connectivity index (χ4n) is 3.57. The van der Waals surface area contributed by atoms with Gasteiger partial charge in [-0.05, 0) is 54.1 Å². The summed E-state index contributed by atoms with van der Waals surface area (Å²) >= 11 is 3.30. The van der Waals surface area contributed by atoms with E-state index >= 15 is 0 Å². The number of hydrogen-bond acceptors (Lipinski definition) is 5. The fourth-order valence-corrected chi connectivity index (χ4v) is 3.84. The van der Waals surface area contributed by atoms with Crippen molar-refractivity contribution in [2.75, 3.05) is 6.54 Å². The van der Waals surface area contributed by atoms with E-state index in [1.165, 1.54) is 36.4 Å². The van der Waals surface area contributed by atoms with Crippen molar-refractivity contribution < 1.29 is 42.2 Å². The number of rotatable bonds is 11. The van der Waals surface area contributed by atoms with E-state index in [1.54, 1.807) is 24.3 Å². The zero-order valence-electron chi connectivity index (χ0n) is 19.6. The number of ether oxygens (including phenoxy) is 1. The summed E-state index contributed by atoms with van der Waals surface area (Å²) in [5, 5.41) is 11.2. The van der Waals surface area contributed by atoms with Crippen molar-refractivity contribution in [1.29, 1.82) is 0 Å². The van der Waals surface area contributed by atoms with Gasteiger partial charge in [-0.25, -0.2) is 0 Å². The molecule has 38 heavy (non-hydrogen) atoms. The van der Waals surface area contributed by atoms with Gasteiger partial charge in [0.1, 0.15) is 5.75 Å². The Balaban J connectivity index is 1.83. The minimum absolute atomic E-state index is 0.0537. The maximum atomic E-state index is 13.4. The Labute approximate surface area is 223 Å². The van der Waals surface area contributed by atoms with E-state index < -0.39 is 35.7 Å². The number of ketones is 2. The number of alkyl halides is 3. The number of carbonyl (C=O) groups excluding carboxylic acids is 3. The molecular formula is C27H21BrF3NO6. The maximum absolute atomic E-state index is 13.4. The lowest BCUT2D eigenvalue weighted by atomic mass is 9.85. The molecule has 1 atom stereocenters. The molecule has 0 radical (unpaired) electrons. The molecule has 0 spiro atoms. The third-order valence-electron chi connectivity index (χ3n) is 5.44. The molecule has 0 saturated heterocycles. The molecular weight excluding hydrogens is 571 g/mol. The standard InChI is InChI=1S/C27H21BrF3NO6/c28-20-9-5-18(6-10-20)25(36)22(15-23(33)17-7-11-21(12-8-17)38-27(29,30)31)16-1-3-19(4-2-16)26(37)32-14-13-24(34)35/h1-12,22H,13-15H2,(H,32,37)(H,34,35). The van der Waals surface area contributed by atoms with Gasteiger partial charge in [-0.2, -0.15) is 0 Å². The Morgan fingerprint density at radius 3 is 1.95 bits per heavy atom. The number of aliphatic carboxylic acids is 1. The fraction of sp³-hybridized carbons (Fsp3) is 0.185. The number of nitrogens with one attached hydrogen (secondary N) is 1. The maximum Gasteiger partial charge on any atom is 0.573 e. The lowest BCUT2D eigenvalue weighted by Gasteiger charge is -2.17. The van der Waals surface area contributed by atoms with Gasteiger partial charge in [0.05, 0.1) is 12.3 Å². The van der Waals surface area contributed by atoms with Crippen LogP contribution >= 0.6 is 15.9 Å². The number of Topliss-reactive ketones (excluding diaryl/α,β-unsaturated/α-hetero) is 2. The van der Waals surface area contributed by atoms with Crippen LogP contribution in [0, 0.1) is 0 Å². The molecule has 0 aromatic heterocycles. The summed E-state index contributed by atoms with van der Waals surface area (Å²) in [6, 6.07) is 16.9. The predicted octanol–water partition coefficient (Wildman–Crippen LogP) is 5.79. The first-order chi connectivity index (χ1) is 17.9. The Morgan fingerprint density at radius 1 is 0.842 bits per heavy atom. The van der Waals surface area contributed by atoms with E-state index in [0.29, 0.717) is 11.1 Å². The van der Waals surface area contributed by atoms with Gasteiger partial charge >= 0.3 is 12.3 Å². The minimum Gasteiger partial charge on any atom is -0.481 e. The highest BCUT2D eigenvalue weighted by atomic mass is 79.9. The van der Waals surface area contributed by atoms with E-state index in [2.05, 4.69) is 26.0 Å². The van der Waals surface area contributed by atoms with E-state index in [0.717, 1.165) is 16.6 Å². The van der Waals surface area contributed by atoms with Gasteiger partial charge in [0, 0.05) is 34.1 Å². The molecule has 0 heterocycles. The van der Waals surface area contributed by atoms with Gasteiger partial charge in [0.25, 0.3) is 5.91 Å². The Bertz CT molecular complexity index is 1310. The highest BCUT2D eigenvalue weighted by Crippen LogP contribution is 2.29. The Kier molecular flexibility index (Phi) is 9.40. The second-order valence-corrected chi connectivity index (χ2v) is 9.06. The van der Waals surface area contributed by atoms with Crippen molar-refractivity contribution in [2.45, 2.75) is 25.1 Å².